The number of morpholine rings is 1. The van der Waals surface area contributed by atoms with E-state index in [1.54, 1.807) is 11.3 Å². The molecule has 0 saturated carbocycles. The predicted molar refractivity (Wildman–Crippen MR) is 130 cm³/mol. The molecule has 3 heterocycles. The number of ether oxygens (including phenoxy) is 1. The number of guanidine groups is 1. The molecule has 0 radical (unpaired) electrons. The third kappa shape index (κ3) is 7.54. The Morgan fingerprint density at radius 3 is 2.97 bits per heavy atom. The van der Waals surface area contributed by atoms with E-state index in [9.17, 15) is 0 Å². The molecule has 1 aliphatic rings. The van der Waals surface area contributed by atoms with E-state index >= 15 is 0 Å². The van der Waals surface area contributed by atoms with Crippen LogP contribution in [0.15, 0.2) is 34.9 Å². The molecule has 1 aliphatic heterocycles. The van der Waals surface area contributed by atoms with E-state index in [4.69, 9.17) is 9.73 Å². The smallest absolute Gasteiger partial charge is 0.191 e. The molecule has 2 unspecified atom stereocenters. The van der Waals surface area contributed by atoms with Crippen molar-refractivity contribution < 1.29 is 4.74 Å². The van der Waals surface area contributed by atoms with Crippen molar-refractivity contribution in [2.75, 3.05) is 39.3 Å². The largest absolute Gasteiger partial charge is 0.376 e. The fourth-order valence-electron chi connectivity index (χ4n) is 3.39. The minimum atomic E-state index is 0. The average molecular weight is 532 g/mol. The van der Waals surface area contributed by atoms with Gasteiger partial charge in [0.2, 0.25) is 0 Å². The number of nitrogens with zero attached hydrogens (tertiary/aromatic N) is 4. The molecule has 0 spiro atoms. The van der Waals surface area contributed by atoms with Crippen LogP contribution in [-0.2, 0) is 11.3 Å². The van der Waals surface area contributed by atoms with Gasteiger partial charge in [-0.05, 0) is 37.8 Å². The SMILES string of the molecule is CCNC(=NCC(c1cccs1)N1CCOC(C)C1)NCCn1cc(C)cn1.I. The maximum atomic E-state index is 5.73. The molecule has 1 saturated heterocycles. The summed E-state index contributed by atoms with van der Waals surface area (Å²) in [6, 6.07) is 4.62. The van der Waals surface area contributed by atoms with Gasteiger partial charge in [-0.1, -0.05) is 6.07 Å². The van der Waals surface area contributed by atoms with E-state index in [0.29, 0.717) is 0 Å². The standard InChI is InChI=1S/C20H32N6OS.HI/c1-4-21-20(22-7-8-26-14-16(2)12-24-26)23-13-18(19-6-5-11-28-19)25-9-10-27-17(3)15-25;/h5-6,11-12,14,17-18H,4,7-10,13,15H2,1-3H3,(H2,21,22,23);1H. The highest BCUT2D eigenvalue weighted by molar-refractivity contribution is 14.0. The second-order valence-corrected chi connectivity index (χ2v) is 8.11. The predicted octanol–water partition coefficient (Wildman–Crippen LogP) is 2.89. The van der Waals surface area contributed by atoms with E-state index in [2.05, 4.69) is 65.1 Å². The number of rotatable bonds is 8. The van der Waals surface area contributed by atoms with Gasteiger partial charge in [0, 0.05) is 37.3 Å². The number of halogens is 1. The van der Waals surface area contributed by atoms with Crippen molar-refractivity contribution >= 4 is 41.3 Å². The van der Waals surface area contributed by atoms with Gasteiger partial charge in [-0.25, -0.2) is 0 Å². The highest BCUT2D eigenvalue weighted by Crippen LogP contribution is 2.27. The molecular weight excluding hydrogens is 499 g/mol. The van der Waals surface area contributed by atoms with Gasteiger partial charge in [0.25, 0.3) is 0 Å². The van der Waals surface area contributed by atoms with Crippen molar-refractivity contribution in [1.29, 1.82) is 0 Å². The van der Waals surface area contributed by atoms with E-state index < -0.39 is 0 Å². The van der Waals surface area contributed by atoms with Crippen molar-refractivity contribution in [3.8, 4) is 0 Å². The monoisotopic (exact) mass is 532 g/mol. The number of thiophene rings is 1. The zero-order valence-corrected chi connectivity index (χ0v) is 20.7. The van der Waals surface area contributed by atoms with Gasteiger partial charge < -0.3 is 15.4 Å². The molecule has 162 valence electrons. The Morgan fingerprint density at radius 2 is 2.31 bits per heavy atom. The first-order chi connectivity index (χ1) is 13.7. The van der Waals surface area contributed by atoms with Crippen LogP contribution in [0.25, 0.3) is 0 Å². The molecule has 1 fully saturated rings. The summed E-state index contributed by atoms with van der Waals surface area (Å²) in [5, 5.41) is 13.3. The van der Waals surface area contributed by atoms with Crippen LogP contribution >= 0.6 is 35.3 Å². The van der Waals surface area contributed by atoms with Crippen LogP contribution in [0.3, 0.4) is 0 Å². The highest BCUT2D eigenvalue weighted by atomic mass is 127. The van der Waals surface area contributed by atoms with Crippen LogP contribution in [0.5, 0.6) is 0 Å². The first-order valence-electron chi connectivity index (χ1n) is 10.1. The van der Waals surface area contributed by atoms with Crippen LogP contribution in [0, 0.1) is 6.92 Å². The molecule has 3 rings (SSSR count). The van der Waals surface area contributed by atoms with Gasteiger partial charge in [0.15, 0.2) is 5.96 Å². The summed E-state index contributed by atoms with van der Waals surface area (Å²) in [6.45, 7) is 12.1. The van der Waals surface area contributed by atoms with Gasteiger partial charge in [0.1, 0.15) is 0 Å². The third-order valence-corrected chi connectivity index (χ3v) is 5.72. The van der Waals surface area contributed by atoms with Crippen molar-refractivity contribution in [3.63, 3.8) is 0 Å². The van der Waals surface area contributed by atoms with Crippen LogP contribution in [-0.4, -0.2) is 66.1 Å². The molecule has 0 aromatic carbocycles. The molecule has 2 N–H and O–H groups in total. The third-order valence-electron chi connectivity index (χ3n) is 4.75. The normalized spacial score (nSPS) is 18.9. The van der Waals surface area contributed by atoms with Crippen molar-refractivity contribution in [2.45, 2.75) is 39.5 Å². The van der Waals surface area contributed by atoms with Gasteiger partial charge >= 0.3 is 0 Å². The van der Waals surface area contributed by atoms with Gasteiger partial charge in [0.05, 0.1) is 38.0 Å². The Balaban J connectivity index is 0.00000300. The average Bonchev–Trinajstić information content (AvgIpc) is 3.34. The molecule has 29 heavy (non-hydrogen) atoms. The van der Waals surface area contributed by atoms with Crippen molar-refractivity contribution in [1.82, 2.24) is 25.3 Å². The summed E-state index contributed by atoms with van der Waals surface area (Å²) in [5.74, 6) is 0.856. The van der Waals surface area contributed by atoms with E-state index in [1.165, 1.54) is 10.4 Å². The maximum Gasteiger partial charge on any atom is 0.191 e. The highest BCUT2D eigenvalue weighted by Gasteiger charge is 2.26. The summed E-state index contributed by atoms with van der Waals surface area (Å²) in [4.78, 5) is 8.76. The Kier molecular flexibility index (Phi) is 10.4. The number of hydrogen-bond donors (Lipinski definition) is 2. The molecule has 2 aromatic heterocycles. The lowest BCUT2D eigenvalue weighted by Crippen LogP contribution is -2.44. The van der Waals surface area contributed by atoms with Crippen molar-refractivity contribution in [2.24, 2.45) is 4.99 Å². The summed E-state index contributed by atoms with van der Waals surface area (Å²) < 4.78 is 7.68. The second kappa shape index (κ2) is 12.5. The Bertz CT molecular complexity index is 735. The fraction of sp³-hybridized carbons (Fsp3) is 0.600. The number of aliphatic imine (C=N–C) groups is 1. The Hall–Kier alpha value is -1.17. The number of aromatic nitrogens is 2. The van der Waals surface area contributed by atoms with E-state index in [-0.39, 0.29) is 36.1 Å². The summed E-state index contributed by atoms with van der Waals surface area (Å²) in [7, 11) is 0. The van der Waals surface area contributed by atoms with E-state index in [0.717, 1.165) is 51.8 Å². The molecular formula is C20H33IN6OS. The number of aryl methyl sites for hydroxylation is 1. The second-order valence-electron chi connectivity index (χ2n) is 7.13. The molecule has 2 atom stereocenters. The lowest BCUT2D eigenvalue weighted by molar-refractivity contribution is -0.0327. The number of hydrogen-bond acceptors (Lipinski definition) is 5. The van der Waals surface area contributed by atoms with Gasteiger partial charge in [-0.3, -0.25) is 14.6 Å². The zero-order valence-electron chi connectivity index (χ0n) is 17.5. The van der Waals surface area contributed by atoms with Crippen molar-refractivity contribution in [3.05, 3.63) is 40.3 Å². The maximum absolute atomic E-state index is 5.73. The topological polar surface area (TPSA) is 66.7 Å². The number of nitrogens with one attached hydrogen (secondary N) is 2. The van der Waals surface area contributed by atoms with E-state index in [1.807, 2.05) is 10.9 Å². The Morgan fingerprint density at radius 1 is 1.45 bits per heavy atom. The summed E-state index contributed by atoms with van der Waals surface area (Å²) in [5.41, 5.74) is 1.18. The molecule has 0 bridgehead atoms. The lowest BCUT2D eigenvalue weighted by Gasteiger charge is -2.36. The quantitative estimate of drug-likeness (QED) is 0.311. The molecule has 0 amide bonds. The minimum Gasteiger partial charge on any atom is -0.376 e. The van der Waals surface area contributed by atoms with Crippen LogP contribution in [0.4, 0.5) is 0 Å². The molecule has 2 aromatic rings. The van der Waals surface area contributed by atoms with Crippen LogP contribution < -0.4 is 10.6 Å². The molecule has 0 aliphatic carbocycles. The first kappa shape index (κ1) is 24.1. The van der Waals surface area contributed by atoms with Gasteiger partial charge in [-0.15, -0.1) is 35.3 Å². The summed E-state index contributed by atoms with van der Waals surface area (Å²) >= 11 is 1.80. The molecule has 7 nitrogen and oxygen atoms in total. The fourth-order valence-corrected chi connectivity index (χ4v) is 4.24. The summed E-state index contributed by atoms with van der Waals surface area (Å²) in [6.07, 6.45) is 4.20. The minimum absolute atomic E-state index is 0. The Labute approximate surface area is 194 Å². The zero-order chi connectivity index (χ0) is 19.8. The van der Waals surface area contributed by atoms with Gasteiger partial charge in [-0.2, -0.15) is 5.10 Å². The van der Waals surface area contributed by atoms with Crippen LogP contribution in [0.1, 0.15) is 30.3 Å². The van der Waals surface area contributed by atoms with Crippen LogP contribution in [0.2, 0.25) is 0 Å². The lowest BCUT2D eigenvalue weighted by atomic mass is 10.1. The first-order valence-corrected chi connectivity index (χ1v) is 10.9. The molecule has 9 heteroatoms.